The highest BCUT2D eigenvalue weighted by Gasteiger charge is 2.34. The standard InChI is InChI=1S/C22H20N2O6S/c1-3-29-16-10-7-14(18(12-16)30-4-2)11-17-19(25)23-22(31)24(20(17)26)15-8-5-13(6-9-15)21(27)28/h5-12H,3-4H2,1-2H3,(H,27,28)(H,23,25,31)/b17-11+. The van der Waals surface area contributed by atoms with Crippen LogP contribution in [0.2, 0.25) is 0 Å². The Morgan fingerprint density at radius 3 is 2.39 bits per heavy atom. The number of benzene rings is 2. The van der Waals surface area contributed by atoms with E-state index in [9.17, 15) is 14.4 Å². The summed E-state index contributed by atoms with van der Waals surface area (Å²) in [4.78, 5) is 37.9. The Balaban J connectivity index is 2.00. The second kappa shape index (κ2) is 9.40. The van der Waals surface area contributed by atoms with E-state index in [1.54, 1.807) is 18.2 Å². The molecule has 2 N–H and O–H groups in total. The molecule has 0 atom stereocenters. The number of rotatable bonds is 7. The molecule has 1 aliphatic rings. The van der Waals surface area contributed by atoms with Gasteiger partial charge in [-0.05, 0) is 68.5 Å². The van der Waals surface area contributed by atoms with Gasteiger partial charge in [0.1, 0.15) is 17.1 Å². The number of ether oxygens (including phenoxy) is 2. The van der Waals surface area contributed by atoms with Gasteiger partial charge in [0, 0.05) is 11.6 Å². The third-order valence-electron chi connectivity index (χ3n) is 4.37. The van der Waals surface area contributed by atoms with Crippen LogP contribution < -0.4 is 19.7 Å². The fourth-order valence-corrected chi connectivity index (χ4v) is 3.25. The molecule has 2 amide bonds. The normalized spacial score (nSPS) is 15.1. The SMILES string of the molecule is CCOc1ccc(/C=C2\C(=O)NC(=S)N(c3ccc(C(=O)O)cc3)C2=O)c(OCC)c1. The minimum absolute atomic E-state index is 0.0645. The molecule has 2 aromatic rings. The molecule has 1 heterocycles. The molecule has 0 saturated carbocycles. The van der Waals surface area contributed by atoms with Crippen molar-refractivity contribution < 1.29 is 29.0 Å². The fraction of sp³-hybridized carbons (Fsp3) is 0.182. The number of thiocarbonyl (C=S) groups is 1. The molecule has 160 valence electrons. The predicted molar refractivity (Wildman–Crippen MR) is 118 cm³/mol. The number of hydrogen-bond acceptors (Lipinski definition) is 6. The van der Waals surface area contributed by atoms with Gasteiger partial charge in [0.25, 0.3) is 11.8 Å². The van der Waals surface area contributed by atoms with Crippen LogP contribution in [0.3, 0.4) is 0 Å². The molecule has 9 heteroatoms. The van der Waals surface area contributed by atoms with Gasteiger partial charge in [-0.15, -0.1) is 0 Å². The monoisotopic (exact) mass is 440 g/mol. The van der Waals surface area contributed by atoms with Crippen LogP contribution in [0, 0.1) is 0 Å². The van der Waals surface area contributed by atoms with Gasteiger partial charge < -0.3 is 14.6 Å². The number of nitrogens with one attached hydrogen (secondary N) is 1. The molecule has 1 aliphatic heterocycles. The number of aromatic carboxylic acids is 1. The number of anilines is 1. The summed E-state index contributed by atoms with van der Waals surface area (Å²) in [6, 6.07) is 10.7. The maximum absolute atomic E-state index is 13.1. The van der Waals surface area contributed by atoms with Gasteiger partial charge in [-0.25, -0.2) is 4.79 Å². The van der Waals surface area contributed by atoms with Crippen LogP contribution in [0.1, 0.15) is 29.8 Å². The van der Waals surface area contributed by atoms with E-state index in [-0.39, 0.29) is 16.2 Å². The van der Waals surface area contributed by atoms with Crippen LogP contribution in [-0.4, -0.2) is 41.2 Å². The maximum Gasteiger partial charge on any atom is 0.335 e. The van der Waals surface area contributed by atoms with Crippen molar-refractivity contribution in [3.8, 4) is 11.5 Å². The third-order valence-corrected chi connectivity index (χ3v) is 4.65. The van der Waals surface area contributed by atoms with Crippen molar-refractivity contribution >= 4 is 46.9 Å². The lowest BCUT2D eigenvalue weighted by molar-refractivity contribution is -0.122. The van der Waals surface area contributed by atoms with Gasteiger partial charge >= 0.3 is 5.97 Å². The molecule has 1 fully saturated rings. The summed E-state index contributed by atoms with van der Waals surface area (Å²) in [6.07, 6.45) is 1.43. The van der Waals surface area contributed by atoms with E-state index in [1.807, 2.05) is 13.8 Å². The Labute approximate surface area is 184 Å². The zero-order chi connectivity index (χ0) is 22.5. The molecule has 0 aliphatic carbocycles. The highest BCUT2D eigenvalue weighted by Crippen LogP contribution is 2.29. The Kier molecular flexibility index (Phi) is 6.66. The topological polar surface area (TPSA) is 105 Å². The molecule has 0 radical (unpaired) electrons. The van der Waals surface area contributed by atoms with E-state index in [0.717, 1.165) is 4.90 Å². The van der Waals surface area contributed by atoms with Crippen molar-refractivity contribution in [1.82, 2.24) is 5.32 Å². The first kappa shape index (κ1) is 22.0. The fourth-order valence-electron chi connectivity index (χ4n) is 2.97. The van der Waals surface area contributed by atoms with Gasteiger partial charge in [-0.1, -0.05) is 0 Å². The Bertz CT molecular complexity index is 1080. The molecule has 31 heavy (non-hydrogen) atoms. The zero-order valence-corrected chi connectivity index (χ0v) is 17.7. The van der Waals surface area contributed by atoms with Gasteiger partial charge in [0.15, 0.2) is 5.11 Å². The smallest absolute Gasteiger partial charge is 0.335 e. The summed E-state index contributed by atoms with van der Waals surface area (Å²) in [5.74, 6) is -1.29. The molecule has 3 rings (SSSR count). The van der Waals surface area contributed by atoms with Gasteiger partial charge in [-0.3, -0.25) is 19.8 Å². The molecule has 8 nitrogen and oxygen atoms in total. The lowest BCUT2D eigenvalue weighted by Crippen LogP contribution is -2.54. The highest BCUT2D eigenvalue weighted by molar-refractivity contribution is 7.80. The maximum atomic E-state index is 13.1. The average Bonchev–Trinajstić information content (AvgIpc) is 2.73. The number of hydrogen-bond donors (Lipinski definition) is 2. The number of carbonyl (C=O) groups is 3. The van der Waals surface area contributed by atoms with Gasteiger partial charge in [0.2, 0.25) is 0 Å². The first-order valence-corrected chi connectivity index (χ1v) is 9.91. The van der Waals surface area contributed by atoms with E-state index in [1.165, 1.54) is 30.3 Å². The van der Waals surface area contributed by atoms with Crippen LogP contribution in [0.5, 0.6) is 11.5 Å². The van der Waals surface area contributed by atoms with Crippen molar-refractivity contribution in [2.75, 3.05) is 18.1 Å². The molecular weight excluding hydrogens is 420 g/mol. The summed E-state index contributed by atoms with van der Waals surface area (Å²) in [5, 5.41) is 11.5. The number of carboxylic acids is 1. The average molecular weight is 440 g/mol. The summed E-state index contributed by atoms with van der Waals surface area (Å²) in [6.45, 7) is 4.56. The molecule has 0 bridgehead atoms. The molecule has 1 saturated heterocycles. The minimum Gasteiger partial charge on any atom is -0.494 e. The quantitative estimate of drug-likeness (QED) is 0.387. The van der Waals surface area contributed by atoms with Crippen LogP contribution in [0.15, 0.2) is 48.0 Å². The number of nitrogens with zero attached hydrogens (tertiary/aromatic N) is 1. The summed E-state index contributed by atoms with van der Waals surface area (Å²) in [5.41, 5.74) is 0.788. The zero-order valence-electron chi connectivity index (χ0n) is 16.9. The lowest BCUT2D eigenvalue weighted by Gasteiger charge is -2.29. The largest absolute Gasteiger partial charge is 0.494 e. The second-order valence-electron chi connectivity index (χ2n) is 6.38. The van der Waals surface area contributed by atoms with E-state index in [2.05, 4.69) is 5.32 Å². The second-order valence-corrected chi connectivity index (χ2v) is 6.76. The number of carboxylic acid groups (broad SMARTS) is 1. The molecule has 2 aromatic carbocycles. The van der Waals surface area contributed by atoms with Crippen molar-refractivity contribution in [2.24, 2.45) is 0 Å². The van der Waals surface area contributed by atoms with E-state index in [0.29, 0.717) is 36.0 Å². The minimum atomic E-state index is -1.09. The van der Waals surface area contributed by atoms with Crippen molar-refractivity contribution in [2.45, 2.75) is 13.8 Å². The molecule has 0 aromatic heterocycles. The van der Waals surface area contributed by atoms with Crippen LogP contribution in [0.25, 0.3) is 6.08 Å². The Morgan fingerprint density at radius 1 is 1.10 bits per heavy atom. The van der Waals surface area contributed by atoms with Gasteiger partial charge in [0.05, 0.1) is 24.5 Å². The lowest BCUT2D eigenvalue weighted by atomic mass is 10.1. The third kappa shape index (κ3) is 4.72. The molecular formula is C22H20N2O6S. The van der Waals surface area contributed by atoms with E-state index < -0.39 is 17.8 Å². The van der Waals surface area contributed by atoms with Crippen LogP contribution in [-0.2, 0) is 9.59 Å². The number of amides is 2. The van der Waals surface area contributed by atoms with E-state index >= 15 is 0 Å². The first-order valence-electron chi connectivity index (χ1n) is 9.50. The van der Waals surface area contributed by atoms with Gasteiger partial charge in [-0.2, -0.15) is 0 Å². The summed E-state index contributed by atoms with van der Waals surface area (Å²) < 4.78 is 11.1. The predicted octanol–water partition coefficient (Wildman–Crippen LogP) is 3.01. The summed E-state index contributed by atoms with van der Waals surface area (Å²) in [7, 11) is 0. The van der Waals surface area contributed by atoms with Crippen molar-refractivity contribution in [3.63, 3.8) is 0 Å². The Hall–Kier alpha value is -3.72. The van der Waals surface area contributed by atoms with Crippen molar-refractivity contribution in [1.29, 1.82) is 0 Å². The highest BCUT2D eigenvalue weighted by atomic mass is 32.1. The Morgan fingerprint density at radius 2 is 1.77 bits per heavy atom. The van der Waals surface area contributed by atoms with E-state index in [4.69, 9.17) is 26.8 Å². The molecule has 0 unspecified atom stereocenters. The number of carbonyl (C=O) groups excluding carboxylic acids is 2. The van der Waals surface area contributed by atoms with Crippen LogP contribution in [0.4, 0.5) is 5.69 Å². The summed E-state index contributed by atoms with van der Waals surface area (Å²) >= 11 is 5.17. The first-order chi connectivity index (χ1) is 14.8. The van der Waals surface area contributed by atoms with Crippen molar-refractivity contribution in [3.05, 3.63) is 59.2 Å². The van der Waals surface area contributed by atoms with Crippen LogP contribution >= 0.6 is 12.2 Å². The molecule has 0 spiro atoms.